The normalized spacial score (nSPS) is 18.5. The van der Waals surface area contributed by atoms with Crippen LogP contribution in [0.3, 0.4) is 0 Å². The summed E-state index contributed by atoms with van der Waals surface area (Å²) in [6.45, 7) is 4.54. The first-order chi connectivity index (χ1) is 5.97. The van der Waals surface area contributed by atoms with Gasteiger partial charge in [0.25, 0.3) is 0 Å². The molecule has 0 amide bonds. The van der Waals surface area contributed by atoms with E-state index in [1.54, 1.807) is 4.31 Å². The predicted octanol–water partition coefficient (Wildman–Crippen LogP) is 1.79. The summed E-state index contributed by atoms with van der Waals surface area (Å²) in [5.41, 5.74) is 0. The van der Waals surface area contributed by atoms with Crippen molar-refractivity contribution in [2.24, 2.45) is 5.92 Å². The van der Waals surface area contributed by atoms with Gasteiger partial charge in [-0.15, -0.1) is 0 Å². The zero-order valence-electron chi connectivity index (χ0n) is 8.03. The van der Waals surface area contributed by atoms with Gasteiger partial charge in [-0.3, -0.25) is 0 Å². The highest BCUT2D eigenvalue weighted by atomic mass is 79.9. The second-order valence-electron chi connectivity index (χ2n) is 3.83. The van der Waals surface area contributed by atoms with E-state index in [1.165, 1.54) is 12.8 Å². The van der Waals surface area contributed by atoms with Gasteiger partial charge in [0.05, 0.1) is 0 Å². The third-order valence-electron chi connectivity index (χ3n) is 2.21. The summed E-state index contributed by atoms with van der Waals surface area (Å²) in [6.07, 6.45) is 2.36. The van der Waals surface area contributed by atoms with Crippen molar-refractivity contribution >= 4 is 26.0 Å². The van der Waals surface area contributed by atoms with Crippen molar-refractivity contribution in [1.29, 1.82) is 0 Å². The van der Waals surface area contributed by atoms with E-state index < -0.39 is 10.0 Å². The van der Waals surface area contributed by atoms with Gasteiger partial charge >= 0.3 is 0 Å². The molecule has 0 aromatic rings. The highest BCUT2D eigenvalue weighted by Crippen LogP contribution is 2.31. The number of hydrogen-bond donors (Lipinski definition) is 0. The van der Waals surface area contributed by atoms with Crippen LogP contribution in [0.4, 0.5) is 0 Å². The summed E-state index contributed by atoms with van der Waals surface area (Å²) in [5, 5.41) is 0. The number of rotatable bonds is 5. The second kappa shape index (κ2) is 4.28. The molecule has 1 fully saturated rings. The molecule has 0 saturated heterocycles. The van der Waals surface area contributed by atoms with E-state index in [9.17, 15) is 8.42 Å². The molecule has 13 heavy (non-hydrogen) atoms. The summed E-state index contributed by atoms with van der Waals surface area (Å²) in [5.74, 6) is 0.608. The highest BCUT2D eigenvalue weighted by Gasteiger charge is 2.31. The van der Waals surface area contributed by atoms with E-state index in [0.717, 1.165) is 0 Å². The topological polar surface area (TPSA) is 37.4 Å². The van der Waals surface area contributed by atoms with Gasteiger partial charge in [0.1, 0.15) is 4.66 Å². The van der Waals surface area contributed by atoms with Gasteiger partial charge in [0.15, 0.2) is 0 Å². The van der Waals surface area contributed by atoms with Crippen molar-refractivity contribution in [2.45, 2.75) is 32.7 Å². The molecule has 5 heteroatoms. The molecule has 0 N–H and O–H groups in total. The lowest BCUT2D eigenvalue weighted by molar-refractivity contribution is 0.344. The standard InChI is InChI=1S/C8H16BrNO2S/c1-7(2)10(5-8-3-4-8)13(11,12)6-9/h7-8H,3-6H2,1-2H3. The summed E-state index contributed by atoms with van der Waals surface area (Å²) in [7, 11) is -3.06. The average Bonchev–Trinajstić information content (AvgIpc) is 2.82. The van der Waals surface area contributed by atoms with E-state index in [2.05, 4.69) is 15.9 Å². The number of nitrogens with zero attached hydrogens (tertiary/aromatic N) is 1. The molecule has 0 aromatic carbocycles. The Hall–Kier alpha value is 0.390. The fourth-order valence-corrected chi connectivity index (χ4v) is 3.26. The quantitative estimate of drug-likeness (QED) is 0.714. The fraction of sp³-hybridized carbons (Fsp3) is 1.00. The summed E-state index contributed by atoms with van der Waals surface area (Å²) < 4.78 is 24.8. The van der Waals surface area contributed by atoms with Crippen LogP contribution in [0.1, 0.15) is 26.7 Å². The molecular formula is C8H16BrNO2S. The Bertz CT molecular complexity index is 259. The van der Waals surface area contributed by atoms with E-state index in [-0.39, 0.29) is 10.7 Å². The van der Waals surface area contributed by atoms with Crippen molar-refractivity contribution in [3.8, 4) is 0 Å². The molecule has 0 spiro atoms. The van der Waals surface area contributed by atoms with Crippen LogP contribution in [0.5, 0.6) is 0 Å². The minimum Gasteiger partial charge on any atom is -0.211 e. The number of sulfonamides is 1. The van der Waals surface area contributed by atoms with Crippen LogP contribution in [0.15, 0.2) is 0 Å². The van der Waals surface area contributed by atoms with E-state index in [1.807, 2.05) is 13.8 Å². The Balaban J connectivity index is 2.65. The zero-order chi connectivity index (χ0) is 10.1. The van der Waals surface area contributed by atoms with Gasteiger partial charge in [-0.1, -0.05) is 15.9 Å². The number of alkyl halides is 1. The first kappa shape index (κ1) is 11.5. The molecule has 0 aliphatic heterocycles. The maximum Gasteiger partial charge on any atom is 0.224 e. The third kappa shape index (κ3) is 3.22. The smallest absolute Gasteiger partial charge is 0.211 e. The van der Waals surface area contributed by atoms with Crippen LogP contribution in [0, 0.1) is 5.92 Å². The SMILES string of the molecule is CC(C)N(CC1CC1)S(=O)(=O)CBr. The van der Waals surface area contributed by atoms with E-state index >= 15 is 0 Å². The van der Waals surface area contributed by atoms with Crippen LogP contribution < -0.4 is 0 Å². The summed E-state index contributed by atoms with van der Waals surface area (Å²) >= 11 is 3.02. The van der Waals surface area contributed by atoms with Crippen molar-refractivity contribution in [1.82, 2.24) is 4.31 Å². The van der Waals surface area contributed by atoms with Crippen LogP contribution in [-0.4, -0.2) is 30.0 Å². The molecule has 1 aliphatic rings. The highest BCUT2D eigenvalue weighted by molar-refractivity contribution is 9.10. The van der Waals surface area contributed by atoms with Crippen molar-refractivity contribution in [3.63, 3.8) is 0 Å². The van der Waals surface area contributed by atoms with Gasteiger partial charge in [0, 0.05) is 12.6 Å². The van der Waals surface area contributed by atoms with Gasteiger partial charge in [-0.05, 0) is 32.6 Å². The Morgan fingerprint density at radius 3 is 2.31 bits per heavy atom. The van der Waals surface area contributed by atoms with Crippen LogP contribution >= 0.6 is 15.9 Å². The summed E-state index contributed by atoms with van der Waals surface area (Å²) in [4.78, 5) is 0. The van der Waals surface area contributed by atoms with Gasteiger partial charge in [-0.25, -0.2) is 8.42 Å². The molecule has 0 atom stereocenters. The molecule has 0 bridgehead atoms. The lowest BCUT2D eigenvalue weighted by Crippen LogP contribution is -2.38. The minimum absolute atomic E-state index is 0.0326. The van der Waals surface area contributed by atoms with Crippen LogP contribution in [-0.2, 0) is 10.0 Å². The summed E-state index contributed by atoms with van der Waals surface area (Å²) in [6, 6.07) is 0.0724. The van der Waals surface area contributed by atoms with Crippen LogP contribution in [0.2, 0.25) is 0 Å². The Kier molecular flexibility index (Phi) is 3.77. The lowest BCUT2D eigenvalue weighted by Gasteiger charge is -2.24. The first-order valence-electron chi connectivity index (χ1n) is 4.53. The Labute approximate surface area is 88.7 Å². The van der Waals surface area contributed by atoms with Crippen molar-refractivity contribution < 1.29 is 8.42 Å². The maximum atomic E-state index is 11.6. The molecular weight excluding hydrogens is 254 g/mol. The fourth-order valence-electron chi connectivity index (χ4n) is 1.26. The maximum absolute atomic E-state index is 11.6. The van der Waals surface area contributed by atoms with Crippen molar-refractivity contribution in [3.05, 3.63) is 0 Å². The van der Waals surface area contributed by atoms with Crippen LogP contribution in [0.25, 0.3) is 0 Å². The molecule has 1 saturated carbocycles. The molecule has 0 unspecified atom stereocenters. The van der Waals surface area contributed by atoms with Gasteiger partial charge in [0.2, 0.25) is 10.0 Å². The zero-order valence-corrected chi connectivity index (χ0v) is 10.4. The number of halogens is 1. The molecule has 3 nitrogen and oxygen atoms in total. The molecule has 0 radical (unpaired) electrons. The third-order valence-corrected chi connectivity index (χ3v) is 5.50. The van der Waals surface area contributed by atoms with E-state index in [4.69, 9.17) is 0 Å². The Morgan fingerprint density at radius 1 is 1.46 bits per heavy atom. The molecule has 1 aliphatic carbocycles. The predicted molar refractivity (Wildman–Crippen MR) is 57.3 cm³/mol. The van der Waals surface area contributed by atoms with E-state index in [0.29, 0.717) is 12.5 Å². The Morgan fingerprint density at radius 2 is 2.00 bits per heavy atom. The van der Waals surface area contributed by atoms with Crippen molar-refractivity contribution in [2.75, 3.05) is 11.2 Å². The second-order valence-corrected chi connectivity index (χ2v) is 7.05. The monoisotopic (exact) mass is 269 g/mol. The molecule has 1 rings (SSSR count). The first-order valence-corrected chi connectivity index (χ1v) is 7.26. The molecule has 78 valence electrons. The molecule has 0 heterocycles. The average molecular weight is 270 g/mol. The van der Waals surface area contributed by atoms with Gasteiger partial charge < -0.3 is 0 Å². The minimum atomic E-state index is -3.06. The molecule has 0 aromatic heterocycles. The lowest BCUT2D eigenvalue weighted by atomic mass is 10.3. The largest absolute Gasteiger partial charge is 0.224 e. The van der Waals surface area contributed by atoms with Gasteiger partial charge in [-0.2, -0.15) is 4.31 Å². The number of hydrogen-bond acceptors (Lipinski definition) is 2.